The first-order chi connectivity index (χ1) is 8.78. The molecule has 3 N–H and O–H groups in total. The van der Waals surface area contributed by atoms with Crippen LogP contribution in [0.25, 0.3) is 0 Å². The average Bonchev–Trinajstić information content (AvgIpc) is 2.38. The first-order valence-corrected chi connectivity index (χ1v) is 6.96. The van der Waals surface area contributed by atoms with Gasteiger partial charge in [-0.15, -0.1) is 0 Å². The van der Waals surface area contributed by atoms with Gasteiger partial charge >= 0.3 is 5.76 Å². The maximum absolute atomic E-state index is 12.3. The van der Waals surface area contributed by atoms with Crippen molar-refractivity contribution in [2.45, 2.75) is 17.6 Å². The molecule has 5 nitrogen and oxygen atoms in total. The Morgan fingerprint density at radius 3 is 2.26 bits per heavy atom. The largest absolute Gasteiger partial charge is 0.341 e. The van der Waals surface area contributed by atoms with Gasteiger partial charge < -0.3 is 11.1 Å². The Bertz CT molecular complexity index is 544. The number of alkyl halides is 2. The van der Waals surface area contributed by atoms with Crippen LogP contribution in [0.5, 0.6) is 0 Å². The SMILES string of the molecule is CC(CN)C(=O)Nc1ccc(S(=O)(=O)C(F)F)cc1. The Hall–Kier alpha value is -1.54. The zero-order valence-corrected chi connectivity index (χ0v) is 11.0. The van der Waals surface area contributed by atoms with Crippen LogP contribution < -0.4 is 11.1 Å². The van der Waals surface area contributed by atoms with Crippen molar-refractivity contribution in [3.63, 3.8) is 0 Å². The topological polar surface area (TPSA) is 89.3 Å². The molecule has 1 rings (SSSR count). The fourth-order valence-electron chi connectivity index (χ4n) is 1.20. The molecule has 106 valence electrons. The molecule has 19 heavy (non-hydrogen) atoms. The summed E-state index contributed by atoms with van der Waals surface area (Å²) < 4.78 is 46.9. The highest BCUT2D eigenvalue weighted by Crippen LogP contribution is 2.20. The zero-order valence-electron chi connectivity index (χ0n) is 10.1. The summed E-state index contributed by atoms with van der Waals surface area (Å²) in [4.78, 5) is 11.0. The van der Waals surface area contributed by atoms with E-state index in [-0.39, 0.29) is 12.5 Å². The third-order valence-corrected chi connectivity index (χ3v) is 3.88. The van der Waals surface area contributed by atoms with Crippen LogP contribution >= 0.6 is 0 Å². The van der Waals surface area contributed by atoms with Gasteiger partial charge in [0.2, 0.25) is 15.7 Å². The quantitative estimate of drug-likeness (QED) is 0.854. The van der Waals surface area contributed by atoms with Crippen LogP contribution in [0, 0.1) is 5.92 Å². The fraction of sp³-hybridized carbons (Fsp3) is 0.364. The number of sulfone groups is 1. The molecule has 1 aromatic rings. The van der Waals surface area contributed by atoms with Crippen molar-refractivity contribution in [1.29, 1.82) is 0 Å². The smallest absolute Gasteiger partial charge is 0.330 e. The lowest BCUT2D eigenvalue weighted by molar-refractivity contribution is -0.119. The van der Waals surface area contributed by atoms with Crippen LogP contribution in [-0.4, -0.2) is 26.6 Å². The Morgan fingerprint density at radius 1 is 1.32 bits per heavy atom. The van der Waals surface area contributed by atoms with Gasteiger partial charge in [0.05, 0.1) is 4.90 Å². The van der Waals surface area contributed by atoms with E-state index in [0.29, 0.717) is 5.69 Å². The molecule has 1 aromatic carbocycles. The first-order valence-electron chi connectivity index (χ1n) is 5.42. The summed E-state index contributed by atoms with van der Waals surface area (Å²) >= 11 is 0. The van der Waals surface area contributed by atoms with Gasteiger partial charge in [0.1, 0.15) is 0 Å². The number of amides is 1. The summed E-state index contributed by atoms with van der Waals surface area (Å²) in [6.07, 6.45) is 0. The summed E-state index contributed by atoms with van der Waals surface area (Å²) in [5.74, 6) is -4.19. The molecule has 8 heteroatoms. The molecule has 1 unspecified atom stereocenters. The molecule has 0 spiro atoms. The van der Waals surface area contributed by atoms with E-state index < -0.39 is 26.4 Å². The summed E-state index contributed by atoms with van der Waals surface area (Å²) in [6.45, 7) is 1.80. The summed E-state index contributed by atoms with van der Waals surface area (Å²) in [5, 5.41) is 2.50. The van der Waals surface area contributed by atoms with E-state index in [1.54, 1.807) is 6.92 Å². The van der Waals surface area contributed by atoms with E-state index in [0.717, 1.165) is 12.1 Å². The van der Waals surface area contributed by atoms with Crippen LogP contribution in [0.2, 0.25) is 0 Å². The number of carbonyl (C=O) groups is 1. The van der Waals surface area contributed by atoms with Gasteiger partial charge in [-0.1, -0.05) is 6.92 Å². The number of rotatable bonds is 5. The molecule has 1 amide bonds. The van der Waals surface area contributed by atoms with Crippen molar-refractivity contribution in [3.8, 4) is 0 Å². The van der Waals surface area contributed by atoms with Crippen molar-refractivity contribution >= 4 is 21.4 Å². The van der Waals surface area contributed by atoms with Crippen LogP contribution in [0.3, 0.4) is 0 Å². The number of hydrogen-bond donors (Lipinski definition) is 2. The predicted molar refractivity (Wildman–Crippen MR) is 66.5 cm³/mol. The van der Waals surface area contributed by atoms with E-state index in [1.807, 2.05) is 0 Å². The average molecular weight is 292 g/mol. The van der Waals surface area contributed by atoms with Crippen molar-refractivity contribution in [2.24, 2.45) is 11.7 Å². The second kappa shape index (κ2) is 6.07. The lowest BCUT2D eigenvalue weighted by Gasteiger charge is -2.10. The molecular weight excluding hydrogens is 278 g/mol. The van der Waals surface area contributed by atoms with Crippen molar-refractivity contribution in [3.05, 3.63) is 24.3 Å². The van der Waals surface area contributed by atoms with Gasteiger partial charge in [-0.2, -0.15) is 8.78 Å². The molecule has 0 bridgehead atoms. The molecule has 0 aromatic heterocycles. The highest BCUT2D eigenvalue weighted by molar-refractivity contribution is 7.91. The van der Waals surface area contributed by atoms with Gasteiger partial charge in [0.15, 0.2) is 0 Å². The number of halogens is 2. The van der Waals surface area contributed by atoms with Crippen LogP contribution in [-0.2, 0) is 14.6 Å². The molecule has 0 aliphatic heterocycles. The second-order valence-corrected chi connectivity index (χ2v) is 5.87. The molecule has 0 fully saturated rings. The minimum absolute atomic E-state index is 0.170. The highest BCUT2D eigenvalue weighted by Gasteiger charge is 2.26. The Balaban J connectivity index is 2.86. The molecule has 0 saturated carbocycles. The highest BCUT2D eigenvalue weighted by atomic mass is 32.2. The predicted octanol–water partition coefficient (Wildman–Crippen LogP) is 1.22. The Kier molecular flexibility index (Phi) is 4.96. The summed E-state index contributed by atoms with van der Waals surface area (Å²) in [7, 11) is -4.61. The monoisotopic (exact) mass is 292 g/mol. The maximum Gasteiger partial charge on any atom is 0.341 e. The second-order valence-electron chi connectivity index (χ2n) is 3.96. The number of anilines is 1. The van der Waals surface area contributed by atoms with Crippen molar-refractivity contribution in [2.75, 3.05) is 11.9 Å². The first kappa shape index (κ1) is 15.5. The van der Waals surface area contributed by atoms with Crippen molar-refractivity contribution < 1.29 is 22.0 Å². The third-order valence-electron chi connectivity index (χ3n) is 2.49. The molecule has 0 radical (unpaired) electrons. The lowest BCUT2D eigenvalue weighted by Crippen LogP contribution is -2.26. The van der Waals surface area contributed by atoms with Gasteiger partial charge in [0.25, 0.3) is 0 Å². The molecule has 0 heterocycles. The Labute approximate surface area is 109 Å². The summed E-state index contributed by atoms with van der Waals surface area (Å²) in [6, 6.07) is 4.53. The molecule has 1 atom stereocenters. The normalized spacial score (nSPS) is 13.3. The summed E-state index contributed by atoms with van der Waals surface area (Å²) in [5.41, 5.74) is 5.64. The number of benzene rings is 1. The van der Waals surface area contributed by atoms with E-state index in [4.69, 9.17) is 5.73 Å². The van der Waals surface area contributed by atoms with E-state index in [2.05, 4.69) is 5.32 Å². The third kappa shape index (κ3) is 3.71. The maximum atomic E-state index is 12.3. The van der Waals surface area contributed by atoms with Gasteiger partial charge in [-0.05, 0) is 24.3 Å². The Morgan fingerprint density at radius 2 is 1.84 bits per heavy atom. The van der Waals surface area contributed by atoms with E-state index >= 15 is 0 Å². The number of nitrogens with one attached hydrogen (secondary N) is 1. The van der Waals surface area contributed by atoms with Crippen LogP contribution in [0.4, 0.5) is 14.5 Å². The standard InChI is InChI=1S/C11H14F2N2O3S/c1-7(6-14)10(16)15-8-2-4-9(5-3-8)19(17,18)11(12)13/h2-5,7,11H,6,14H2,1H3,(H,15,16). The molecular formula is C11H14F2N2O3S. The molecule has 0 aliphatic carbocycles. The van der Waals surface area contributed by atoms with E-state index in [9.17, 15) is 22.0 Å². The number of nitrogens with two attached hydrogens (primary N) is 1. The lowest BCUT2D eigenvalue weighted by atomic mass is 10.1. The molecule has 0 saturated heterocycles. The minimum atomic E-state index is -4.61. The van der Waals surface area contributed by atoms with Gasteiger partial charge in [-0.25, -0.2) is 8.42 Å². The number of hydrogen-bond acceptors (Lipinski definition) is 4. The van der Waals surface area contributed by atoms with Gasteiger partial charge in [0, 0.05) is 18.2 Å². The van der Waals surface area contributed by atoms with E-state index in [1.165, 1.54) is 12.1 Å². The van der Waals surface area contributed by atoms with Crippen LogP contribution in [0.1, 0.15) is 6.92 Å². The molecule has 0 aliphatic rings. The minimum Gasteiger partial charge on any atom is -0.330 e. The zero-order chi connectivity index (χ0) is 14.6. The van der Waals surface area contributed by atoms with Gasteiger partial charge in [-0.3, -0.25) is 4.79 Å². The fourth-order valence-corrected chi connectivity index (χ4v) is 1.92. The van der Waals surface area contributed by atoms with Crippen LogP contribution in [0.15, 0.2) is 29.2 Å². The number of carbonyl (C=O) groups excluding carboxylic acids is 1. The van der Waals surface area contributed by atoms with Crippen molar-refractivity contribution in [1.82, 2.24) is 0 Å².